The molecule has 0 unspecified atom stereocenters. The zero-order valence-electron chi connectivity index (χ0n) is 16.3. The molecule has 0 bridgehead atoms. The number of hydrogen-bond donors (Lipinski definition) is 2. The van der Waals surface area contributed by atoms with E-state index in [2.05, 4.69) is 21.9 Å². The van der Waals surface area contributed by atoms with Crippen molar-refractivity contribution >= 4 is 29.2 Å². The van der Waals surface area contributed by atoms with Crippen molar-refractivity contribution in [2.24, 2.45) is 0 Å². The van der Waals surface area contributed by atoms with Crippen LogP contribution in [0.25, 0.3) is 0 Å². The summed E-state index contributed by atoms with van der Waals surface area (Å²) in [5.41, 5.74) is 0.566. The van der Waals surface area contributed by atoms with Crippen LogP contribution in [0.15, 0.2) is 30.5 Å². The second kappa shape index (κ2) is 9.27. The Labute approximate surface area is 180 Å². The average Bonchev–Trinajstić information content (AvgIpc) is 2.64. The van der Waals surface area contributed by atoms with Crippen molar-refractivity contribution in [1.82, 2.24) is 10.6 Å². The van der Waals surface area contributed by atoms with Crippen LogP contribution in [0.3, 0.4) is 0 Å². The number of rotatable bonds is 7. The molecule has 1 heterocycles. The first-order valence-electron chi connectivity index (χ1n) is 9.52. The molecule has 1 aromatic rings. The number of ketones is 1. The molecule has 0 radical (unpaired) electrons. The lowest BCUT2D eigenvalue weighted by atomic mass is 9.89. The number of alkyl halides is 3. The van der Waals surface area contributed by atoms with Gasteiger partial charge in [-0.25, -0.2) is 0 Å². The Morgan fingerprint density at radius 1 is 1.26 bits per heavy atom. The van der Waals surface area contributed by atoms with Crippen molar-refractivity contribution in [3.05, 3.63) is 41.1 Å². The van der Waals surface area contributed by atoms with Gasteiger partial charge in [-0.1, -0.05) is 18.2 Å². The van der Waals surface area contributed by atoms with Gasteiger partial charge >= 0.3 is 6.36 Å². The predicted octanol–water partition coefficient (Wildman–Crippen LogP) is 3.27. The van der Waals surface area contributed by atoms with Crippen LogP contribution in [0.4, 0.5) is 13.2 Å². The van der Waals surface area contributed by atoms with E-state index in [0.29, 0.717) is 10.6 Å². The summed E-state index contributed by atoms with van der Waals surface area (Å²) in [7, 11) is 0. The minimum atomic E-state index is -4.68. The molecule has 1 fully saturated rings. The van der Waals surface area contributed by atoms with E-state index in [1.54, 1.807) is 6.07 Å². The fraction of sp³-hybridized carbons (Fsp3) is 0.450. The number of carbonyl (C=O) groups excluding carboxylic acids is 3. The number of halogens is 4. The number of ether oxygens (including phenoxy) is 2. The van der Waals surface area contributed by atoms with Gasteiger partial charge in [0.1, 0.15) is 5.75 Å². The van der Waals surface area contributed by atoms with Crippen LogP contribution in [0, 0.1) is 0 Å². The van der Waals surface area contributed by atoms with E-state index >= 15 is 0 Å². The summed E-state index contributed by atoms with van der Waals surface area (Å²) in [6.07, 6.45) is -6.53. The number of benzene rings is 1. The van der Waals surface area contributed by atoms with Crippen LogP contribution in [-0.4, -0.2) is 42.2 Å². The molecule has 3 rings (SSSR count). The maximum atomic E-state index is 12.4. The van der Waals surface area contributed by atoms with Gasteiger partial charge in [-0.15, -0.1) is 13.2 Å². The molecular formula is C20H20ClF3N2O5. The van der Waals surface area contributed by atoms with Gasteiger partial charge in [-0.2, -0.15) is 0 Å². The quantitative estimate of drug-likeness (QED) is 0.651. The first-order valence-corrected chi connectivity index (χ1v) is 9.90. The molecule has 2 amide bonds. The van der Waals surface area contributed by atoms with Crippen molar-refractivity contribution in [1.29, 1.82) is 0 Å². The number of nitrogens with one attached hydrogen (secondary N) is 2. The molecular weight excluding hydrogens is 441 g/mol. The molecule has 0 aromatic heterocycles. The summed E-state index contributed by atoms with van der Waals surface area (Å²) < 4.78 is 45.7. The lowest BCUT2D eigenvalue weighted by molar-refractivity contribution is -0.351. The monoisotopic (exact) mass is 460 g/mol. The smallest absolute Gasteiger partial charge is 0.479 e. The SMILES string of the molecule is C=C(CCC(=O)NC1CC(OC(F)(F)F)C1)NC(=O)[C@H]1CC(=O)c2cc(Cl)ccc2O1. The van der Waals surface area contributed by atoms with E-state index in [4.69, 9.17) is 16.3 Å². The third kappa shape index (κ3) is 6.44. The van der Waals surface area contributed by atoms with Gasteiger partial charge in [0.15, 0.2) is 11.9 Å². The van der Waals surface area contributed by atoms with Crippen molar-refractivity contribution in [3.63, 3.8) is 0 Å². The van der Waals surface area contributed by atoms with E-state index in [9.17, 15) is 27.6 Å². The molecule has 2 N–H and O–H groups in total. The van der Waals surface area contributed by atoms with Gasteiger partial charge in [-0.3, -0.25) is 19.1 Å². The first-order chi connectivity index (χ1) is 14.5. The van der Waals surface area contributed by atoms with E-state index in [1.165, 1.54) is 12.1 Å². The van der Waals surface area contributed by atoms with Crippen LogP contribution < -0.4 is 15.4 Å². The molecule has 1 saturated carbocycles. The van der Waals surface area contributed by atoms with Crippen molar-refractivity contribution in [2.75, 3.05) is 0 Å². The summed E-state index contributed by atoms with van der Waals surface area (Å²) in [6.45, 7) is 3.69. The normalized spacial score (nSPS) is 22.6. The Bertz CT molecular complexity index is 899. The maximum Gasteiger partial charge on any atom is 0.522 e. The van der Waals surface area contributed by atoms with E-state index in [1.807, 2.05) is 0 Å². The summed E-state index contributed by atoms with van der Waals surface area (Å²) in [5, 5.41) is 5.51. The minimum Gasteiger partial charge on any atom is -0.479 e. The van der Waals surface area contributed by atoms with Gasteiger partial charge in [0, 0.05) is 23.2 Å². The molecule has 1 atom stereocenters. The van der Waals surface area contributed by atoms with Gasteiger partial charge in [0.25, 0.3) is 5.91 Å². The molecule has 168 valence electrons. The highest BCUT2D eigenvalue weighted by atomic mass is 35.5. The summed E-state index contributed by atoms with van der Waals surface area (Å²) in [5.74, 6) is -0.951. The Hall–Kier alpha value is -2.59. The maximum absolute atomic E-state index is 12.4. The number of amides is 2. The van der Waals surface area contributed by atoms with Crippen molar-refractivity contribution in [3.8, 4) is 5.75 Å². The Kier molecular flexibility index (Phi) is 6.90. The molecule has 0 spiro atoms. The second-order valence-electron chi connectivity index (χ2n) is 7.39. The van der Waals surface area contributed by atoms with Crippen LogP contribution in [0.2, 0.25) is 5.02 Å². The Morgan fingerprint density at radius 3 is 2.65 bits per heavy atom. The highest BCUT2D eigenvalue weighted by molar-refractivity contribution is 6.31. The summed E-state index contributed by atoms with van der Waals surface area (Å²) in [6, 6.07) is 4.16. The standard InChI is InChI=1S/C20H20ClF3N2O5/c1-10(2-5-18(28)26-12-7-13(8-12)31-20(22,23)24)25-19(29)17-9-15(27)14-6-11(21)3-4-16(14)30-17/h3-4,6,12-13,17H,1-2,5,7-9H2,(H,25,29)(H,26,28)/t12?,13?,17-/m1/s1. The predicted molar refractivity (Wildman–Crippen MR) is 103 cm³/mol. The molecule has 1 aromatic carbocycles. The molecule has 0 saturated heterocycles. The third-order valence-electron chi connectivity index (χ3n) is 4.89. The third-order valence-corrected chi connectivity index (χ3v) is 5.12. The Morgan fingerprint density at radius 2 is 1.97 bits per heavy atom. The zero-order valence-corrected chi connectivity index (χ0v) is 17.0. The van der Waals surface area contributed by atoms with E-state index in [-0.39, 0.29) is 61.3 Å². The van der Waals surface area contributed by atoms with Crippen molar-refractivity contribution < 1.29 is 37.0 Å². The van der Waals surface area contributed by atoms with Gasteiger partial charge in [0.2, 0.25) is 5.91 Å². The van der Waals surface area contributed by atoms with Crippen LogP contribution in [0.1, 0.15) is 42.5 Å². The fourth-order valence-electron chi connectivity index (χ4n) is 3.29. The number of allylic oxidation sites excluding steroid dienone is 1. The van der Waals surface area contributed by atoms with Crippen molar-refractivity contribution in [2.45, 2.75) is 56.7 Å². The number of Topliss-reactive ketones (excluding diaryl/α,β-unsaturated/α-hetero) is 1. The number of hydrogen-bond acceptors (Lipinski definition) is 5. The molecule has 1 aliphatic heterocycles. The number of fused-ring (bicyclic) bond motifs is 1. The number of carbonyl (C=O) groups is 3. The lowest BCUT2D eigenvalue weighted by Gasteiger charge is -2.35. The highest BCUT2D eigenvalue weighted by Gasteiger charge is 2.40. The molecule has 7 nitrogen and oxygen atoms in total. The molecule has 2 aliphatic rings. The molecule has 31 heavy (non-hydrogen) atoms. The lowest BCUT2D eigenvalue weighted by Crippen LogP contribution is -2.49. The van der Waals surface area contributed by atoms with Gasteiger partial charge in [0.05, 0.1) is 18.1 Å². The van der Waals surface area contributed by atoms with Crippen LogP contribution in [0.5, 0.6) is 5.75 Å². The highest BCUT2D eigenvalue weighted by Crippen LogP contribution is 2.31. The summed E-state index contributed by atoms with van der Waals surface area (Å²) >= 11 is 5.86. The minimum absolute atomic E-state index is 0.00774. The fourth-order valence-corrected chi connectivity index (χ4v) is 3.46. The zero-order chi connectivity index (χ0) is 22.8. The van der Waals surface area contributed by atoms with Crippen LogP contribution >= 0.6 is 11.6 Å². The molecule has 1 aliphatic carbocycles. The molecule has 11 heteroatoms. The van der Waals surface area contributed by atoms with Crippen LogP contribution in [-0.2, 0) is 14.3 Å². The largest absolute Gasteiger partial charge is 0.522 e. The average molecular weight is 461 g/mol. The summed E-state index contributed by atoms with van der Waals surface area (Å²) in [4.78, 5) is 36.5. The second-order valence-corrected chi connectivity index (χ2v) is 7.82. The first kappa shape index (κ1) is 23.1. The van der Waals surface area contributed by atoms with Gasteiger partial charge < -0.3 is 15.4 Å². The van der Waals surface area contributed by atoms with E-state index < -0.39 is 24.5 Å². The van der Waals surface area contributed by atoms with E-state index in [0.717, 1.165) is 0 Å². The van der Waals surface area contributed by atoms with Gasteiger partial charge in [-0.05, 0) is 37.5 Å². The Balaban J connectivity index is 1.38. The topological polar surface area (TPSA) is 93.7 Å².